The van der Waals surface area contributed by atoms with Gasteiger partial charge in [-0.3, -0.25) is 0 Å². The molecule has 26 heavy (non-hydrogen) atoms. The van der Waals surface area contributed by atoms with E-state index in [1.807, 2.05) is 13.8 Å². The van der Waals surface area contributed by atoms with E-state index in [-0.39, 0.29) is 17.6 Å². The van der Waals surface area contributed by atoms with Crippen LogP contribution in [-0.4, -0.2) is 47.1 Å². The molecule has 0 bridgehead atoms. The lowest BCUT2D eigenvalue weighted by Gasteiger charge is -2.55. The monoisotopic (exact) mass is 362 g/mol. The van der Waals surface area contributed by atoms with Gasteiger partial charge in [-0.05, 0) is 33.6 Å². The van der Waals surface area contributed by atoms with Crippen LogP contribution in [0.5, 0.6) is 0 Å². The van der Waals surface area contributed by atoms with Crippen molar-refractivity contribution < 1.29 is 28.9 Å². The fraction of sp³-hybridized carbons (Fsp3) is 0.700. The Labute approximate surface area is 153 Å². The molecule has 2 aliphatic heterocycles. The number of esters is 2. The fourth-order valence-electron chi connectivity index (χ4n) is 5.49. The first-order valence-electron chi connectivity index (χ1n) is 9.24. The summed E-state index contributed by atoms with van der Waals surface area (Å²) in [5.74, 6) is -1.68. The Hall–Kier alpha value is -1.66. The van der Waals surface area contributed by atoms with Gasteiger partial charge in [-0.1, -0.05) is 19.6 Å². The molecule has 2 aliphatic carbocycles. The van der Waals surface area contributed by atoms with Gasteiger partial charge in [0.2, 0.25) is 0 Å². The largest absolute Gasteiger partial charge is 0.458 e. The van der Waals surface area contributed by atoms with Crippen LogP contribution in [0.2, 0.25) is 0 Å². The van der Waals surface area contributed by atoms with E-state index in [1.165, 1.54) is 0 Å². The van der Waals surface area contributed by atoms with Crippen LogP contribution in [0.25, 0.3) is 0 Å². The molecule has 4 fully saturated rings. The lowest BCUT2D eigenvalue weighted by molar-refractivity contribution is -0.211. The molecule has 2 saturated carbocycles. The molecule has 6 nitrogen and oxygen atoms in total. The summed E-state index contributed by atoms with van der Waals surface area (Å²) in [5, 5.41) is 11.3. The standard InChI is InChI=1S/C20H26O6/c1-6-9(2)17(22)25-14-12-10(3)18(23)24-13(12)15-19(4,16(14)21)8-7-11-20(15,5)26-11/h6,11-16,21H,3,7-8H2,1-2,4-5H3. The predicted molar refractivity (Wildman–Crippen MR) is 91.9 cm³/mol. The van der Waals surface area contributed by atoms with Crippen LogP contribution < -0.4 is 0 Å². The van der Waals surface area contributed by atoms with Gasteiger partial charge in [-0.25, -0.2) is 9.59 Å². The number of epoxide rings is 1. The van der Waals surface area contributed by atoms with Gasteiger partial charge in [-0.15, -0.1) is 0 Å². The second kappa shape index (κ2) is 5.42. The Bertz CT molecular complexity index is 726. The minimum absolute atomic E-state index is 0.130. The van der Waals surface area contributed by atoms with Gasteiger partial charge < -0.3 is 19.3 Å². The number of carbonyl (C=O) groups is 2. The predicted octanol–water partition coefficient (Wildman–Crippen LogP) is 1.91. The van der Waals surface area contributed by atoms with Crippen LogP contribution in [0.4, 0.5) is 0 Å². The van der Waals surface area contributed by atoms with Gasteiger partial charge in [-0.2, -0.15) is 0 Å². The SMILES string of the molecule is C=C1C(=O)OC2C1C(OC(=O)C(C)=CC)C(O)C1(C)CCC3OC3(C)C21. The molecule has 8 atom stereocenters. The molecule has 4 aliphatic rings. The number of rotatable bonds is 2. The van der Waals surface area contributed by atoms with Crippen molar-refractivity contribution >= 4 is 11.9 Å². The number of hydrogen-bond acceptors (Lipinski definition) is 6. The van der Waals surface area contributed by atoms with E-state index in [9.17, 15) is 14.7 Å². The lowest BCUT2D eigenvalue weighted by Crippen LogP contribution is -2.65. The molecule has 6 heteroatoms. The first-order valence-corrected chi connectivity index (χ1v) is 9.24. The van der Waals surface area contributed by atoms with Gasteiger partial charge in [0.25, 0.3) is 0 Å². The summed E-state index contributed by atoms with van der Waals surface area (Å²) >= 11 is 0. The first-order chi connectivity index (χ1) is 12.1. The third-order valence-corrected chi connectivity index (χ3v) is 7.18. The van der Waals surface area contributed by atoms with E-state index in [0.29, 0.717) is 5.57 Å². The van der Waals surface area contributed by atoms with E-state index in [0.717, 1.165) is 12.8 Å². The second-order valence-corrected chi connectivity index (χ2v) is 8.52. The number of carbonyl (C=O) groups excluding carboxylic acids is 2. The van der Waals surface area contributed by atoms with Crippen molar-refractivity contribution in [2.75, 3.05) is 0 Å². The molecule has 0 amide bonds. The van der Waals surface area contributed by atoms with Crippen LogP contribution in [-0.2, 0) is 23.8 Å². The third kappa shape index (κ3) is 2.12. The zero-order valence-electron chi connectivity index (χ0n) is 15.7. The summed E-state index contributed by atoms with van der Waals surface area (Å²) in [5.41, 5.74) is -0.269. The summed E-state index contributed by atoms with van der Waals surface area (Å²) in [6.07, 6.45) is 1.07. The molecule has 0 aromatic rings. The second-order valence-electron chi connectivity index (χ2n) is 8.52. The maximum Gasteiger partial charge on any atom is 0.334 e. The Morgan fingerprint density at radius 2 is 2.12 bits per heavy atom. The van der Waals surface area contributed by atoms with Crippen molar-refractivity contribution in [1.82, 2.24) is 0 Å². The maximum absolute atomic E-state index is 12.4. The molecular formula is C20H26O6. The first kappa shape index (κ1) is 17.7. The van der Waals surface area contributed by atoms with Crippen molar-refractivity contribution in [3.63, 3.8) is 0 Å². The third-order valence-electron chi connectivity index (χ3n) is 7.18. The molecule has 0 aromatic heterocycles. The molecule has 0 radical (unpaired) electrons. The number of hydrogen-bond donors (Lipinski definition) is 1. The van der Waals surface area contributed by atoms with Crippen LogP contribution in [0.15, 0.2) is 23.8 Å². The highest BCUT2D eigenvalue weighted by molar-refractivity contribution is 5.92. The normalized spacial score (nSPS) is 49.7. The minimum Gasteiger partial charge on any atom is -0.458 e. The Morgan fingerprint density at radius 3 is 2.77 bits per heavy atom. The average molecular weight is 362 g/mol. The van der Waals surface area contributed by atoms with Crippen LogP contribution >= 0.6 is 0 Å². The minimum atomic E-state index is -0.921. The number of fused-ring (bicyclic) bond motifs is 5. The Kier molecular flexibility index (Phi) is 3.70. The number of aliphatic hydroxyl groups excluding tert-OH is 1. The quantitative estimate of drug-likeness (QED) is 0.459. The highest BCUT2D eigenvalue weighted by Crippen LogP contribution is 2.65. The number of aliphatic hydroxyl groups is 1. The average Bonchev–Trinajstić information content (AvgIpc) is 3.19. The van der Waals surface area contributed by atoms with Crippen molar-refractivity contribution in [2.24, 2.45) is 17.3 Å². The summed E-state index contributed by atoms with van der Waals surface area (Å²) < 4.78 is 17.3. The van der Waals surface area contributed by atoms with Gasteiger partial charge in [0.05, 0.1) is 23.7 Å². The highest BCUT2D eigenvalue weighted by Gasteiger charge is 2.75. The summed E-state index contributed by atoms with van der Waals surface area (Å²) in [6.45, 7) is 11.3. The van der Waals surface area contributed by atoms with Gasteiger partial charge >= 0.3 is 11.9 Å². The van der Waals surface area contributed by atoms with Crippen LogP contribution in [0.3, 0.4) is 0 Å². The highest BCUT2D eigenvalue weighted by atomic mass is 16.6. The van der Waals surface area contributed by atoms with Gasteiger partial charge in [0, 0.05) is 22.5 Å². The molecule has 8 unspecified atom stereocenters. The molecule has 142 valence electrons. The smallest absolute Gasteiger partial charge is 0.334 e. The fourth-order valence-corrected chi connectivity index (χ4v) is 5.49. The van der Waals surface area contributed by atoms with Gasteiger partial charge in [0.1, 0.15) is 12.2 Å². The summed E-state index contributed by atoms with van der Waals surface area (Å²) in [4.78, 5) is 24.7. The summed E-state index contributed by atoms with van der Waals surface area (Å²) in [7, 11) is 0. The molecule has 4 rings (SSSR count). The molecule has 0 aromatic carbocycles. The van der Waals surface area contributed by atoms with Gasteiger partial charge in [0.15, 0.2) is 0 Å². The van der Waals surface area contributed by atoms with Crippen LogP contribution in [0, 0.1) is 17.3 Å². The number of ether oxygens (including phenoxy) is 3. The van der Waals surface area contributed by atoms with E-state index < -0.39 is 47.2 Å². The van der Waals surface area contributed by atoms with Crippen molar-refractivity contribution in [2.45, 2.75) is 70.6 Å². The zero-order valence-corrected chi connectivity index (χ0v) is 15.7. The van der Waals surface area contributed by atoms with E-state index in [2.05, 4.69) is 6.58 Å². The van der Waals surface area contributed by atoms with Crippen molar-refractivity contribution in [3.05, 3.63) is 23.8 Å². The van der Waals surface area contributed by atoms with E-state index in [1.54, 1.807) is 19.9 Å². The van der Waals surface area contributed by atoms with Crippen molar-refractivity contribution in [1.29, 1.82) is 0 Å². The Balaban J connectivity index is 1.75. The molecule has 1 N–H and O–H groups in total. The van der Waals surface area contributed by atoms with Crippen LogP contribution in [0.1, 0.15) is 40.5 Å². The molecular weight excluding hydrogens is 336 g/mol. The molecule has 2 saturated heterocycles. The molecule has 0 spiro atoms. The zero-order chi connectivity index (χ0) is 19.0. The Morgan fingerprint density at radius 1 is 1.42 bits per heavy atom. The van der Waals surface area contributed by atoms with E-state index >= 15 is 0 Å². The lowest BCUT2D eigenvalue weighted by atomic mass is 9.51. The number of allylic oxidation sites excluding steroid dienone is 1. The van der Waals surface area contributed by atoms with Crippen molar-refractivity contribution in [3.8, 4) is 0 Å². The maximum atomic E-state index is 12.4. The topological polar surface area (TPSA) is 85.4 Å². The summed E-state index contributed by atoms with van der Waals surface area (Å²) in [6, 6.07) is 0. The van der Waals surface area contributed by atoms with E-state index in [4.69, 9.17) is 14.2 Å². The molecule has 2 heterocycles.